The van der Waals surface area contributed by atoms with Gasteiger partial charge in [-0.05, 0) is 50.2 Å². The van der Waals surface area contributed by atoms with Crippen molar-refractivity contribution in [2.45, 2.75) is 87.4 Å². The molecule has 5 aliphatic rings. The Morgan fingerprint density at radius 2 is 1.93 bits per heavy atom. The lowest BCUT2D eigenvalue weighted by atomic mass is 10.1. The maximum Gasteiger partial charge on any atom is 0.410 e. The molecule has 3 aliphatic heterocycles. The fourth-order valence-corrected chi connectivity index (χ4v) is 7.76. The molecular weight excluding hydrogens is 593 g/mol. The molecule has 1 saturated heterocycles. The Labute approximate surface area is 256 Å². The molecule has 4 atom stereocenters. The highest BCUT2D eigenvalue weighted by molar-refractivity contribution is 7.91. The minimum Gasteiger partial charge on any atom is -0.444 e. The third-order valence-electron chi connectivity index (χ3n) is 9.29. The molecule has 0 radical (unpaired) electrons. The highest BCUT2D eigenvalue weighted by Gasteiger charge is 2.62. The van der Waals surface area contributed by atoms with E-state index in [1.165, 1.54) is 20.8 Å². The number of halogens is 1. The van der Waals surface area contributed by atoms with Gasteiger partial charge in [0.1, 0.15) is 23.5 Å². The molecule has 12 nitrogen and oxygen atoms in total. The van der Waals surface area contributed by atoms with Crippen molar-refractivity contribution in [3.8, 4) is 0 Å². The lowest BCUT2D eigenvalue weighted by Gasteiger charge is -2.30. The molecule has 14 heteroatoms. The molecule has 1 aromatic rings. The zero-order valence-electron chi connectivity index (χ0n) is 24.7. The zero-order valence-corrected chi connectivity index (χ0v) is 25.5. The van der Waals surface area contributed by atoms with E-state index in [1.807, 2.05) is 12.2 Å². The number of hydrogen-bond acceptors (Lipinski definition) is 7. The average Bonchev–Trinajstić information content (AvgIpc) is 3.86. The van der Waals surface area contributed by atoms with Gasteiger partial charge >= 0.3 is 12.1 Å². The third kappa shape index (κ3) is 6.00. The van der Waals surface area contributed by atoms with Gasteiger partial charge in [-0.3, -0.25) is 19.2 Å². The van der Waals surface area contributed by atoms with Crippen LogP contribution in [-0.4, -0.2) is 90.1 Å². The number of benzene rings is 1. The number of carbonyl (C=O) groups is 4. The maximum atomic E-state index is 14.2. The van der Waals surface area contributed by atoms with Crippen LogP contribution in [0, 0.1) is 11.7 Å². The number of ether oxygens (including phenoxy) is 1. The van der Waals surface area contributed by atoms with Crippen LogP contribution < -0.4 is 10.0 Å². The Bertz CT molecular complexity index is 1500. The van der Waals surface area contributed by atoms with Gasteiger partial charge in [0.2, 0.25) is 15.9 Å². The van der Waals surface area contributed by atoms with Gasteiger partial charge < -0.3 is 19.9 Å². The van der Waals surface area contributed by atoms with Crippen molar-refractivity contribution in [3.05, 3.63) is 47.3 Å². The average molecular weight is 632 g/mol. The number of rotatable bonds is 4. The number of carbonyl (C=O) groups excluding carboxylic acids is 4. The first-order valence-electron chi connectivity index (χ1n) is 15.3. The van der Waals surface area contributed by atoms with Crippen molar-refractivity contribution in [3.63, 3.8) is 0 Å². The van der Waals surface area contributed by atoms with Gasteiger partial charge in [-0.1, -0.05) is 30.7 Å². The van der Waals surface area contributed by atoms with Crippen LogP contribution in [0.1, 0.15) is 62.5 Å². The van der Waals surface area contributed by atoms with Gasteiger partial charge in [0.15, 0.2) is 0 Å². The van der Waals surface area contributed by atoms with Crippen molar-refractivity contribution in [1.82, 2.24) is 24.7 Å². The fourth-order valence-electron chi connectivity index (χ4n) is 6.40. The number of hydrogen-bond donors (Lipinski definition) is 2. The van der Waals surface area contributed by atoms with Crippen LogP contribution in [0.3, 0.4) is 0 Å². The number of fused-ring (bicyclic) bond motifs is 3. The van der Waals surface area contributed by atoms with Crippen molar-refractivity contribution in [2.75, 3.05) is 20.1 Å². The smallest absolute Gasteiger partial charge is 0.410 e. The summed E-state index contributed by atoms with van der Waals surface area (Å²) in [7, 11) is -2.20. The Balaban J connectivity index is 1.20. The number of nitrogens with zero attached hydrogens (tertiary/aromatic N) is 3. The molecule has 0 bridgehead atoms. The number of sulfonamides is 1. The molecular formula is C30H38FN5O7S. The molecule has 3 fully saturated rings. The van der Waals surface area contributed by atoms with E-state index in [9.17, 15) is 32.0 Å². The van der Waals surface area contributed by atoms with Crippen LogP contribution in [0.2, 0.25) is 0 Å². The Kier molecular flexibility index (Phi) is 8.05. The van der Waals surface area contributed by atoms with Gasteiger partial charge in [0.25, 0.3) is 5.91 Å². The molecule has 0 aromatic heterocycles. The first kappa shape index (κ1) is 30.4. The van der Waals surface area contributed by atoms with E-state index in [0.717, 1.165) is 25.7 Å². The Hall–Kier alpha value is -3.68. The van der Waals surface area contributed by atoms with E-state index >= 15 is 0 Å². The van der Waals surface area contributed by atoms with Crippen LogP contribution >= 0.6 is 0 Å². The summed E-state index contributed by atoms with van der Waals surface area (Å²) < 4.78 is 47.4. The second-order valence-corrected chi connectivity index (χ2v) is 14.5. The van der Waals surface area contributed by atoms with Gasteiger partial charge in [-0.2, -0.15) is 0 Å². The molecule has 238 valence electrons. The lowest BCUT2D eigenvalue weighted by Crippen LogP contribution is -2.57. The van der Waals surface area contributed by atoms with Gasteiger partial charge in [-0.15, -0.1) is 0 Å². The molecule has 3 heterocycles. The molecule has 2 aliphatic carbocycles. The van der Waals surface area contributed by atoms with Crippen molar-refractivity contribution in [1.29, 1.82) is 0 Å². The van der Waals surface area contributed by atoms with E-state index in [0.29, 0.717) is 30.5 Å². The first-order valence-corrected chi connectivity index (χ1v) is 16.8. The maximum absolute atomic E-state index is 14.2. The van der Waals surface area contributed by atoms with Gasteiger partial charge in [0, 0.05) is 38.0 Å². The SMILES string of the molecule is CN1CCCCC/C=C\[C@@H]2C[C@@]2(C(=O)NS(=O)(=O)C2CC2)NC(=O)[C@@H]2C[C@@H](OC(=O)N3Cc4cccc(F)c4C3)CN2C1=O. The van der Waals surface area contributed by atoms with Crippen LogP contribution in [0.4, 0.5) is 14.0 Å². The predicted molar refractivity (Wildman–Crippen MR) is 156 cm³/mol. The predicted octanol–water partition coefficient (Wildman–Crippen LogP) is 2.39. The molecule has 2 saturated carbocycles. The third-order valence-corrected chi connectivity index (χ3v) is 11.1. The molecule has 1 aromatic carbocycles. The molecule has 0 spiro atoms. The second-order valence-electron chi connectivity index (χ2n) is 12.6. The minimum absolute atomic E-state index is 0.00905. The largest absolute Gasteiger partial charge is 0.444 e. The molecule has 44 heavy (non-hydrogen) atoms. The molecule has 5 amide bonds. The minimum atomic E-state index is -3.85. The summed E-state index contributed by atoms with van der Waals surface area (Å²) >= 11 is 0. The van der Waals surface area contributed by atoms with Crippen LogP contribution in [0.15, 0.2) is 30.4 Å². The number of allylic oxidation sites excluding steroid dienone is 1. The summed E-state index contributed by atoms with van der Waals surface area (Å²) in [6.07, 6.45) is 6.77. The normalized spacial score (nSPS) is 29.9. The zero-order chi connectivity index (χ0) is 31.2. The number of urea groups is 1. The summed E-state index contributed by atoms with van der Waals surface area (Å²) in [4.78, 5) is 58.2. The van der Waals surface area contributed by atoms with E-state index in [2.05, 4.69) is 10.0 Å². The first-order chi connectivity index (χ1) is 21.0. The molecule has 2 N–H and O–H groups in total. The van der Waals surface area contributed by atoms with E-state index in [-0.39, 0.29) is 32.5 Å². The van der Waals surface area contributed by atoms with Gasteiger partial charge in [-0.25, -0.2) is 22.4 Å². The highest BCUT2D eigenvalue weighted by Crippen LogP contribution is 2.46. The number of amides is 5. The second kappa shape index (κ2) is 11.7. The topological polar surface area (TPSA) is 145 Å². The van der Waals surface area contributed by atoms with E-state index in [1.54, 1.807) is 19.2 Å². The van der Waals surface area contributed by atoms with Crippen molar-refractivity contribution in [2.24, 2.45) is 5.92 Å². The highest BCUT2D eigenvalue weighted by atomic mass is 32.2. The van der Waals surface area contributed by atoms with Crippen molar-refractivity contribution < 1.29 is 36.7 Å². The molecule has 6 rings (SSSR count). The standard InChI is InChI=1S/C30H38FN5O7S/c1-34-13-6-4-2-3-5-9-20-15-30(20,27(38)33-44(41,42)22-11-12-22)32-26(37)25-14-21(17-36(25)28(34)39)43-29(40)35-16-19-8-7-10-24(31)23(19)18-35/h5,7-10,20-22,25H,2-4,6,11-18H2,1H3,(H,32,37)(H,33,38)/b9-5-/t20-,21-,25+,30-/m1/s1. The quantitative estimate of drug-likeness (QED) is 0.486. The summed E-state index contributed by atoms with van der Waals surface area (Å²) in [6, 6.07) is 3.20. The molecule has 0 unspecified atom stereocenters. The Morgan fingerprint density at radius 1 is 1.14 bits per heavy atom. The van der Waals surface area contributed by atoms with Crippen LogP contribution in [-0.2, 0) is 37.4 Å². The summed E-state index contributed by atoms with van der Waals surface area (Å²) in [5.74, 6) is -2.20. The Morgan fingerprint density at radius 3 is 2.68 bits per heavy atom. The van der Waals surface area contributed by atoms with Crippen molar-refractivity contribution >= 4 is 34.0 Å². The van der Waals surface area contributed by atoms with E-state index < -0.39 is 68.6 Å². The lowest BCUT2D eigenvalue weighted by molar-refractivity contribution is -0.131. The van der Waals surface area contributed by atoms with Gasteiger partial charge in [0.05, 0.1) is 18.3 Å². The van der Waals surface area contributed by atoms with E-state index in [4.69, 9.17) is 4.74 Å². The summed E-state index contributed by atoms with van der Waals surface area (Å²) in [6.45, 7) is 0.674. The summed E-state index contributed by atoms with van der Waals surface area (Å²) in [5, 5.41) is 2.19. The monoisotopic (exact) mass is 631 g/mol. The summed E-state index contributed by atoms with van der Waals surface area (Å²) in [5.41, 5.74) is -0.339. The van der Waals surface area contributed by atoms with Crippen LogP contribution in [0.5, 0.6) is 0 Å². The number of nitrogens with one attached hydrogen (secondary N) is 2. The van der Waals surface area contributed by atoms with Crippen LogP contribution in [0.25, 0.3) is 0 Å². The fraction of sp³-hybridized carbons (Fsp3) is 0.600.